The summed E-state index contributed by atoms with van der Waals surface area (Å²) in [5, 5.41) is 3.97. The van der Waals surface area contributed by atoms with Crippen LogP contribution < -0.4 is 0 Å². The third-order valence-electron chi connectivity index (χ3n) is 2.75. The minimum absolute atomic E-state index is 0.216. The van der Waals surface area contributed by atoms with Crippen molar-refractivity contribution in [3.05, 3.63) is 0 Å². The number of hydrogen-bond acceptors (Lipinski definition) is 4. The molecule has 2 aliphatic rings. The number of hydrogen-bond donors (Lipinski definition) is 0. The van der Waals surface area contributed by atoms with E-state index >= 15 is 0 Å². The Labute approximate surface area is 79.1 Å². The number of oxime groups is 1. The lowest BCUT2D eigenvalue weighted by molar-refractivity contribution is -0.0542. The number of nitrogens with zero attached hydrogens (tertiary/aromatic N) is 3. The van der Waals surface area contributed by atoms with Crippen LogP contribution in [-0.4, -0.2) is 55.0 Å². The molecule has 0 N–H and O–H groups in total. The monoisotopic (exact) mass is 183 g/mol. The van der Waals surface area contributed by atoms with Crippen LogP contribution in [0.2, 0.25) is 0 Å². The molecule has 0 bridgehead atoms. The Morgan fingerprint density at radius 3 is 2.54 bits per heavy atom. The summed E-state index contributed by atoms with van der Waals surface area (Å²) in [5.41, 5.74) is 1.11. The molecule has 0 amide bonds. The van der Waals surface area contributed by atoms with Crippen LogP contribution in [0, 0.1) is 0 Å². The van der Waals surface area contributed by atoms with Gasteiger partial charge in [-0.25, -0.2) is 0 Å². The summed E-state index contributed by atoms with van der Waals surface area (Å²) in [6.07, 6.45) is 1.19. The van der Waals surface area contributed by atoms with Gasteiger partial charge in [-0.05, 0) is 14.0 Å². The average molecular weight is 183 g/mol. The summed E-state index contributed by atoms with van der Waals surface area (Å²) in [6, 6.07) is 0. The maximum absolute atomic E-state index is 5.34. The number of piperazine rings is 1. The van der Waals surface area contributed by atoms with Crippen LogP contribution in [0.25, 0.3) is 0 Å². The smallest absolute Gasteiger partial charge is 0.186 e. The Morgan fingerprint density at radius 2 is 2.00 bits per heavy atom. The van der Waals surface area contributed by atoms with Gasteiger partial charge < -0.3 is 9.74 Å². The summed E-state index contributed by atoms with van der Waals surface area (Å²) in [5.74, 6) is 0. The van der Waals surface area contributed by atoms with Gasteiger partial charge in [-0.2, -0.15) is 0 Å². The van der Waals surface area contributed by atoms with Gasteiger partial charge in [-0.1, -0.05) is 5.16 Å². The quantitative estimate of drug-likeness (QED) is 0.587. The third kappa shape index (κ3) is 2.00. The van der Waals surface area contributed by atoms with E-state index in [9.17, 15) is 0 Å². The molecule has 0 spiro atoms. The van der Waals surface area contributed by atoms with E-state index in [4.69, 9.17) is 4.84 Å². The molecule has 0 aromatic carbocycles. The Bertz CT molecular complexity index is 209. The fourth-order valence-electron chi connectivity index (χ4n) is 1.78. The highest BCUT2D eigenvalue weighted by molar-refractivity contribution is 5.82. The van der Waals surface area contributed by atoms with E-state index in [-0.39, 0.29) is 6.23 Å². The Kier molecular flexibility index (Phi) is 2.51. The molecule has 0 aromatic heterocycles. The minimum Gasteiger partial charge on any atom is -0.376 e. The van der Waals surface area contributed by atoms with Crippen molar-refractivity contribution in [2.45, 2.75) is 19.6 Å². The normalized spacial score (nSPS) is 31.5. The molecule has 0 aliphatic carbocycles. The van der Waals surface area contributed by atoms with Crippen molar-refractivity contribution in [1.29, 1.82) is 0 Å². The molecule has 1 fully saturated rings. The lowest BCUT2D eigenvalue weighted by atomic mass is 10.2. The molecule has 1 unspecified atom stereocenters. The molecular weight excluding hydrogens is 166 g/mol. The zero-order valence-electron chi connectivity index (χ0n) is 8.36. The zero-order valence-corrected chi connectivity index (χ0v) is 8.36. The van der Waals surface area contributed by atoms with Crippen LogP contribution in [-0.2, 0) is 4.84 Å². The van der Waals surface area contributed by atoms with Crippen molar-refractivity contribution in [1.82, 2.24) is 9.80 Å². The van der Waals surface area contributed by atoms with Gasteiger partial charge in [-0.3, -0.25) is 4.90 Å². The molecule has 2 heterocycles. The zero-order chi connectivity index (χ0) is 9.26. The molecule has 4 heteroatoms. The second-order valence-electron chi connectivity index (χ2n) is 3.93. The number of likely N-dealkylation sites (N-methyl/N-ethyl adjacent to an activating group) is 1. The lowest BCUT2D eigenvalue weighted by Crippen LogP contribution is -2.49. The summed E-state index contributed by atoms with van der Waals surface area (Å²) >= 11 is 0. The molecule has 1 saturated heterocycles. The predicted octanol–water partition coefficient (Wildman–Crippen LogP) is 0.356. The molecule has 0 saturated carbocycles. The van der Waals surface area contributed by atoms with Crippen molar-refractivity contribution in [2.75, 3.05) is 33.2 Å². The SMILES string of the molecule is CC1=NOC(N2CCN(C)CC2)C1. The fourth-order valence-corrected chi connectivity index (χ4v) is 1.78. The van der Waals surface area contributed by atoms with Gasteiger partial charge in [0.25, 0.3) is 0 Å². The summed E-state index contributed by atoms with van der Waals surface area (Å²) in [7, 11) is 2.16. The van der Waals surface area contributed by atoms with E-state index in [0.717, 1.165) is 38.3 Å². The summed E-state index contributed by atoms with van der Waals surface area (Å²) < 4.78 is 0. The molecule has 74 valence electrons. The number of rotatable bonds is 1. The first-order valence-corrected chi connectivity index (χ1v) is 4.87. The van der Waals surface area contributed by atoms with Gasteiger partial charge >= 0.3 is 0 Å². The largest absolute Gasteiger partial charge is 0.376 e. The molecule has 2 rings (SSSR count). The highest BCUT2D eigenvalue weighted by Crippen LogP contribution is 2.16. The highest BCUT2D eigenvalue weighted by Gasteiger charge is 2.27. The van der Waals surface area contributed by atoms with Crippen LogP contribution in [0.1, 0.15) is 13.3 Å². The molecule has 1 atom stereocenters. The van der Waals surface area contributed by atoms with Crippen LogP contribution in [0.5, 0.6) is 0 Å². The van der Waals surface area contributed by atoms with Gasteiger partial charge in [0.15, 0.2) is 6.23 Å². The van der Waals surface area contributed by atoms with Gasteiger partial charge in [0, 0.05) is 32.6 Å². The first-order valence-electron chi connectivity index (χ1n) is 4.87. The molecule has 0 aromatic rings. The highest BCUT2D eigenvalue weighted by atomic mass is 16.7. The Balaban J connectivity index is 1.82. The molecular formula is C9H17N3O. The first-order chi connectivity index (χ1) is 6.25. The van der Waals surface area contributed by atoms with E-state index in [2.05, 4.69) is 22.0 Å². The Morgan fingerprint density at radius 1 is 1.31 bits per heavy atom. The van der Waals surface area contributed by atoms with Crippen LogP contribution >= 0.6 is 0 Å². The van der Waals surface area contributed by atoms with Crippen molar-refractivity contribution < 1.29 is 4.84 Å². The van der Waals surface area contributed by atoms with Gasteiger partial charge in [-0.15, -0.1) is 0 Å². The maximum Gasteiger partial charge on any atom is 0.186 e. The van der Waals surface area contributed by atoms with E-state index in [1.807, 2.05) is 6.92 Å². The Hall–Kier alpha value is -0.610. The molecule has 0 radical (unpaired) electrons. The van der Waals surface area contributed by atoms with Crippen molar-refractivity contribution in [3.8, 4) is 0 Å². The minimum atomic E-state index is 0.216. The van der Waals surface area contributed by atoms with Crippen molar-refractivity contribution in [3.63, 3.8) is 0 Å². The summed E-state index contributed by atoms with van der Waals surface area (Å²) in [4.78, 5) is 10.1. The fraction of sp³-hybridized carbons (Fsp3) is 0.889. The predicted molar refractivity (Wildman–Crippen MR) is 51.7 cm³/mol. The van der Waals surface area contributed by atoms with Crippen LogP contribution in [0.4, 0.5) is 0 Å². The molecule has 13 heavy (non-hydrogen) atoms. The second-order valence-corrected chi connectivity index (χ2v) is 3.93. The maximum atomic E-state index is 5.34. The van der Waals surface area contributed by atoms with Crippen molar-refractivity contribution in [2.24, 2.45) is 5.16 Å². The molecule has 4 nitrogen and oxygen atoms in total. The van der Waals surface area contributed by atoms with Gasteiger partial charge in [0.1, 0.15) is 0 Å². The van der Waals surface area contributed by atoms with E-state index in [1.54, 1.807) is 0 Å². The topological polar surface area (TPSA) is 28.1 Å². The second kappa shape index (κ2) is 3.64. The standard InChI is InChI=1S/C9H17N3O/c1-8-7-9(13-10-8)12-5-3-11(2)4-6-12/h9H,3-7H2,1-2H3. The van der Waals surface area contributed by atoms with E-state index in [0.29, 0.717) is 0 Å². The van der Waals surface area contributed by atoms with Gasteiger partial charge in [0.2, 0.25) is 0 Å². The van der Waals surface area contributed by atoms with Crippen molar-refractivity contribution >= 4 is 5.71 Å². The van der Waals surface area contributed by atoms with Crippen LogP contribution in [0.15, 0.2) is 5.16 Å². The average Bonchev–Trinajstić information content (AvgIpc) is 2.53. The van der Waals surface area contributed by atoms with Crippen LogP contribution in [0.3, 0.4) is 0 Å². The van der Waals surface area contributed by atoms with E-state index in [1.165, 1.54) is 0 Å². The molecule has 2 aliphatic heterocycles. The van der Waals surface area contributed by atoms with Gasteiger partial charge in [0.05, 0.1) is 5.71 Å². The summed E-state index contributed by atoms with van der Waals surface area (Å²) in [6.45, 7) is 6.50. The first kappa shape index (κ1) is 8.97. The lowest BCUT2D eigenvalue weighted by Gasteiger charge is -2.34. The van der Waals surface area contributed by atoms with E-state index < -0.39 is 0 Å². The third-order valence-corrected chi connectivity index (χ3v) is 2.75.